The molecular formula is C24H19NO. The Bertz CT molecular complexity index is 1000. The molecule has 0 aromatic heterocycles. The first-order valence-electron chi connectivity index (χ1n) is 9.05. The van der Waals surface area contributed by atoms with E-state index in [9.17, 15) is 4.79 Å². The van der Waals surface area contributed by atoms with Crippen LogP contribution in [0.3, 0.4) is 0 Å². The second-order valence-electron chi connectivity index (χ2n) is 7.00. The summed E-state index contributed by atoms with van der Waals surface area (Å²) in [5.74, 6) is -0.0538. The van der Waals surface area contributed by atoms with Crippen LogP contribution in [0.4, 0.5) is 0 Å². The van der Waals surface area contributed by atoms with Gasteiger partial charge >= 0.3 is 0 Å². The molecule has 1 amide bonds. The number of hydrogen-bond acceptors (Lipinski definition) is 1. The third-order valence-corrected chi connectivity index (χ3v) is 5.55. The predicted molar refractivity (Wildman–Crippen MR) is 104 cm³/mol. The lowest BCUT2D eigenvalue weighted by molar-refractivity contribution is -0.122. The van der Waals surface area contributed by atoms with Crippen molar-refractivity contribution in [2.45, 2.75) is 18.3 Å². The van der Waals surface area contributed by atoms with Crippen molar-refractivity contribution in [3.05, 3.63) is 113 Å². The Morgan fingerprint density at radius 3 is 1.96 bits per heavy atom. The van der Waals surface area contributed by atoms with Crippen molar-refractivity contribution in [3.8, 4) is 0 Å². The highest BCUT2D eigenvalue weighted by Gasteiger charge is 2.42. The Labute approximate surface area is 153 Å². The van der Waals surface area contributed by atoms with Crippen LogP contribution >= 0.6 is 0 Å². The van der Waals surface area contributed by atoms with E-state index in [0.29, 0.717) is 0 Å². The molecular weight excluding hydrogens is 318 g/mol. The molecule has 0 spiro atoms. The average molecular weight is 337 g/mol. The van der Waals surface area contributed by atoms with Gasteiger partial charge in [-0.05, 0) is 28.7 Å². The fourth-order valence-electron chi connectivity index (χ4n) is 4.41. The number of hydrogen-bond donors (Lipinski definition) is 1. The smallest absolute Gasteiger partial charge is 0.232 e. The monoisotopic (exact) mass is 337 g/mol. The lowest BCUT2D eigenvalue weighted by atomic mass is 9.73. The van der Waals surface area contributed by atoms with Gasteiger partial charge in [0, 0.05) is 17.2 Å². The van der Waals surface area contributed by atoms with E-state index in [1.807, 2.05) is 30.3 Å². The molecule has 26 heavy (non-hydrogen) atoms. The number of nitrogens with one attached hydrogen (secondary N) is 1. The van der Waals surface area contributed by atoms with Gasteiger partial charge in [0.15, 0.2) is 0 Å². The molecule has 1 aliphatic carbocycles. The van der Waals surface area contributed by atoms with Gasteiger partial charge in [-0.2, -0.15) is 0 Å². The minimum atomic E-state index is -0.202. The summed E-state index contributed by atoms with van der Waals surface area (Å²) < 4.78 is 0. The number of fused-ring (bicyclic) bond motifs is 2. The summed E-state index contributed by atoms with van der Waals surface area (Å²) in [6.07, 6.45) is 0.898. The van der Waals surface area contributed by atoms with Crippen LogP contribution in [0.2, 0.25) is 0 Å². The highest BCUT2D eigenvalue weighted by molar-refractivity contribution is 5.98. The van der Waals surface area contributed by atoms with E-state index in [2.05, 4.69) is 59.9 Å². The van der Waals surface area contributed by atoms with Crippen LogP contribution in [-0.4, -0.2) is 5.91 Å². The minimum absolute atomic E-state index is 0.0646. The first-order valence-corrected chi connectivity index (χ1v) is 9.05. The Kier molecular flexibility index (Phi) is 3.49. The van der Waals surface area contributed by atoms with Crippen LogP contribution < -0.4 is 5.32 Å². The van der Waals surface area contributed by atoms with E-state index in [0.717, 1.165) is 17.7 Å². The molecule has 5 rings (SSSR count). The van der Waals surface area contributed by atoms with Crippen molar-refractivity contribution in [2.75, 3.05) is 0 Å². The quantitative estimate of drug-likeness (QED) is 0.724. The summed E-state index contributed by atoms with van der Waals surface area (Å²) in [6, 6.07) is 29.0. The van der Waals surface area contributed by atoms with Crippen molar-refractivity contribution in [2.24, 2.45) is 0 Å². The fourth-order valence-corrected chi connectivity index (χ4v) is 4.41. The number of carbonyl (C=O) groups excluding carboxylic acids is 1. The summed E-state index contributed by atoms with van der Waals surface area (Å²) in [7, 11) is 0. The number of benzene rings is 3. The molecule has 0 radical (unpaired) electrons. The van der Waals surface area contributed by atoms with Gasteiger partial charge in [0.2, 0.25) is 5.91 Å². The zero-order valence-corrected chi connectivity index (χ0v) is 14.4. The lowest BCUT2D eigenvalue weighted by Crippen LogP contribution is -2.37. The summed E-state index contributed by atoms with van der Waals surface area (Å²) in [5, 5.41) is 3.22. The number of rotatable bonds is 2. The minimum Gasteiger partial charge on any atom is -0.325 e. The molecule has 3 aromatic carbocycles. The molecule has 0 saturated heterocycles. The van der Waals surface area contributed by atoms with E-state index >= 15 is 0 Å². The second kappa shape index (κ2) is 5.99. The molecule has 126 valence electrons. The van der Waals surface area contributed by atoms with Gasteiger partial charge in [0.1, 0.15) is 0 Å². The van der Waals surface area contributed by atoms with Crippen molar-refractivity contribution in [1.29, 1.82) is 0 Å². The first-order chi connectivity index (χ1) is 12.8. The first kappa shape index (κ1) is 15.2. The molecule has 0 bridgehead atoms. The molecule has 1 N–H and O–H groups in total. The van der Waals surface area contributed by atoms with E-state index in [1.54, 1.807) is 0 Å². The van der Waals surface area contributed by atoms with Crippen LogP contribution in [-0.2, 0) is 11.2 Å². The topological polar surface area (TPSA) is 29.1 Å². The number of carbonyl (C=O) groups is 1. The normalized spacial score (nSPS) is 21.2. The Morgan fingerprint density at radius 2 is 1.27 bits per heavy atom. The van der Waals surface area contributed by atoms with E-state index < -0.39 is 0 Å². The molecule has 2 unspecified atom stereocenters. The summed E-state index contributed by atoms with van der Waals surface area (Å²) in [6.45, 7) is 0. The standard InChI is InChI=1S/C24H19NO/c26-24-22(17-11-5-2-6-12-17)21(16-9-3-1-4-10-16)20-15-18-13-7-8-14-19(18)23(20)25-24/h1-14,21-22H,15H2,(H,25,26). The van der Waals surface area contributed by atoms with Crippen LogP contribution in [0, 0.1) is 0 Å². The van der Waals surface area contributed by atoms with Crippen LogP contribution in [0.15, 0.2) is 90.5 Å². The van der Waals surface area contributed by atoms with Crippen molar-refractivity contribution in [1.82, 2.24) is 5.32 Å². The molecule has 2 aliphatic rings. The maximum atomic E-state index is 13.2. The number of allylic oxidation sites excluding steroid dienone is 1. The molecule has 1 heterocycles. The fraction of sp³-hybridized carbons (Fsp3) is 0.125. The summed E-state index contributed by atoms with van der Waals surface area (Å²) in [5.41, 5.74) is 7.09. The second-order valence-corrected chi connectivity index (χ2v) is 7.00. The Hall–Kier alpha value is -3.13. The molecule has 0 fully saturated rings. The van der Waals surface area contributed by atoms with Gasteiger partial charge in [-0.1, -0.05) is 84.9 Å². The largest absolute Gasteiger partial charge is 0.325 e. The third-order valence-electron chi connectivity index (χ3n) is 5.55. The zero-order chi connectivity index (χ0) is 17.5. The van der Waals surface area contributed by atoms with Gasteiger partial charge in [-0.15, -0.1) is 0 Å². The Morgan fingerprint density at radius 1 is 0.692 bits per heavy atom. The number of amides is 1. The van der Waals surface area contributed by atoms with Crippen molar-refractivity contribution >= 4 is 11.6 Å². The molecule has 2 nitrogen and oxygen atoms in total. The molecule has 0 saturated carbocycles. The molecule has 2 heteroatoms. The maximum absolute atomic E-state index is 13.2. The summed E-state index contributed by atoms with van der Waals surface area (Å²) in [4.78, 5) is 13.2. The van der Waals surface area contributed by atoms with Crippen LogP contribution in [0.5, 0.6) is 0 Å². The van der Waals surface area contributed by atoms with Gasteiger partial charge in [0.05, 0.1) is 5.92 Å². The Balaban J connectivity index is 1.71. The summed E-state index contributed by atoms with van der Waals surface area (Å²) >= 11 is 0. The predicted octanol–water partition coefficient (Wildman–Crippen LogP) is 4.65. The molecule has 3 aromatic rings. The third kappa shape index (κ3) is 2.30. The average Bonchev–Trinajstić information content (AvgIpc) is 3.06. The molecule has 2 atom stereocenters. The van der Waals surface area contributed by atoms with Gasteiger partial charge in [-0.3, -0.25) is 4.79 Å². The van der Waals surface area contributed by atoms with E-state index in [1.165, 1.54) is 22.3 Å². The van der Waals surface area contributed by atoms with Gasteiger partial charge < -0.3 is 5.32 Å². The zero-order valence-electron chi connectivity index (χ0n) is 14.4. The van der Waals surface area contributed by atoms with E-state index in [4.69, 9.17) is 0 Å². The van der Waals surface area contributed by atoms with Crippen molar-refractivity contribution < 1.29 is 4.79 Å². The SMILES string of the molecule is O=C1NC2=C(Cc3ccccc32)C(c2ccccc2)C1c1ccccc1. The van der Waals surface area contributed by atoms with Crippen LogP contribution in [0.25, 0.3) is 5.70 Å². The highest BCUT2D eigenvalue weighted by Crippen LogP contribution is 2.48. The van der Waals surface area contributed by atoms with Crippen molar-refractivity contribution in [3.63, 3.8) is 0 Å². The maximum Gasteiger partial charge on any atom is 0.232 e. The lowest BCUT2D eigenvalue weighted by Gasteiger charge is -2.34. The van der Waals surface area contributed by atoms with E-state index in [-0.39, 0.29) is 17.7 Å². The molecule has 1 aliphatic heterocycles. The highest BCUT2D eigenvalue weighted by atomic mass is 16.2. The van der Waals surface area contributed by atoms with Crippen LogP contribution in [0.1, 0.15) is 34.1 Å². The van der Waals surface area contributed by atoms with Gasteiger partial charge in [0.25, 0.3) is 0 Å². The van der Waals surface area contributed by atoms with Gasteiger partial charge in [-0.25, -0.2) is 0 Å².